The summed E-state index contributed by atoms with van der Waals surface area (Å²) in [5, 5.41) is 0. The van der Waals surface area contributed by atoms with Crippen LogP contribution in [0.4, 0.5) is 0 Å². The zero-order valence-electron chi connectivity index (χ0n) is 16.0. The van der Waals surface area contributed by atoms with Crippen LogP contribution < -0.4 is 0 Å². The van der Waals surface area contributed by atoms with Gasteiger partial charge in [0.15, 0.2) is 0 Å². The van der Waals surface area contributed by atoms with Gasteiger partial charge in [-0.3, -0.25) is 4.79 Å². The summed E-state index contributed by atoms with van der Waals surface area (Å²) in [5.74, 6) is -0.0758. The number of esters is 1. The van der Waals surface area contributed by atoms with Gasteiger partial charge in [0.1, 0.15) is 0 Å². The van der Waals surface area contributed by atoms with Crippen molar-refractivity contribution in [1.29, 1.82) is 0 Å². The molecule has 0 bridgehead atoms. The van der Waals surface area contributed by atoms with Crippen molar-refractivity contribution in [2.24, 2.45) is 0 Å². The van der Waals surface area contributed by atoms with Crippen molar-refractivity contribution >= 4 is 17.3 Å². The number of ether oxygens (including phenoxy) is 1. The lowest BCUT2D eigenvalue weighted by Gasteiger charge is -2.24. The first-order chi connectivity index (χ1) is 10.7. The summed E-state index contributed by atoms with van der Waals surface area (Å²) in [4.78, 5) is 14.5. The van der Waals surface area contributed by atoms with Gasteiger partial charge in [-0.2, -0.15) is 0 Å². The van der Waals surface area contributed by atoms with Crippen LogP contribution in [0.1, 0.15) is 89.5 Å². The van der Waals surface area contributed by atoms with E-state index >= 15 is 0 Å². The number of carbonyl (C=O) groups excluding carboxylic acids is 1. The van der Waals surface area contributed by atoms with E-state index in [4.69, 9.17) is 4.74 Å². The number of thiophene rings is 1. The Morgan fingerprint density at radius 2 is 1.70 bits per heavy atom. The molecule has 0 saturated heterocycles. The number of hydrogen-bond acceptors (Lipinski definition) is 3. The van der Waals surface area contributed by atoms with E-state index in [2.05, 4.69) is 47.6 Å². The first kappa shape index (κ1) is 20.2. The Kier molecular flexibility index (Phi) is 7.31. The molecular weight excluding hydrogens is 304 g/mol. The van der Waals surface area contributed by atoms with Crippen molar-refractivity contribution < 1.29 is 9.53 Å². The highest BCUT2D eigenvalue weighted by atomic mass is 32.1. The SMILES string of the molecule is CCOC(=O)CCCc1cc(C(C)(C)CC)sc1C(C)(C)CC. The maximum absolute atomic E-state index is 11.6. The molecule has 1 heterocycles. The monoisotopic (exact) mass is 338 g/mol. The number of rotatable bonds is 9. The van der Waals surface area contributed by atoms with Crippen LogP contribution in [0.25, 0.3) is 0 Å². The highest BCUT2D eigenvalue weighted by molar-refractivity contribution is 7.12. The second-order valence-electron chi connectivity index (χ2n) is 7.60. The van der Waals surface area contributed by atoms with Crippen LogP contribution in [-0.2, 0) is 26.8 Å². The summed E-state index contributed by atoms with van der Waals surface area (Å²) < 4.78 is 5.04. The standard InChI is InChI=1S/C20H34O2S/c1-8-19(4,5)16-14-15(12-11-13-17(21)22-10-3)18(23-16)20(6,7)9-2/h14H,8-13H2,1-7H3. The summed E-state index contributed by atoms with van der Waals surface area (Å²) in [6.45, 7) is 16.1. The van der Waals surface area contributed by atoms with Crippen LogP contribution in [0, 0.1) is 0 Å². The smallest absolute Gasteiger partial charge is 0.305 e. The van der Waals surface area contributed by atoms with Crippen molar-refractivity contribution in [2.75, 3.05) is 6.61 Å². The first-order valence-corrected chi connectivity index (χ1v) is 9.78. The average molecular weight is 339 g/mol. The molecule has 1 aromatic rings. The van der Waals surface area contributed by atoms with Gasteiger partial charge in [-0.15, -0.1) is 11.3 Å². The molecule has 1 rings (SSSR count). The number of aryl methyl sites for hydroxylation is 1. The fraction of sp³-hybridized carbons (Fsp3) is 0.750. The predicted molar refractivity (Wildman–Crippen MR) is 101 cm³/mol. The predicted octanol–water partition coefficient (Wildman–Crippen LogP) is 6.01. The Morgan fingerprint density at radius 3 is 2.22 bits per heavy atom. The van der Waals surface area contributed by atoms with Crippen molar-refractivity contribution in [3.8, 4) is 0 Å². The van der Waals surface area contributed by atoms with E-state index in [9.17, 15) is 4.79 Å². The Morgan fingerprint density at radius 1 is 1.09 bits per heavy atom. The molecule has 0 fully saturated rings. The van der Waals surface area contributed by atoms with Crippen molar-refractivity contribution in [3.63, 3.8) is 0 Å². The Labute approximate surface area is 146 Å². The Hall–Kier alpha value is -0.830. The minimum atomic E-state index is -0.0758. The molecule has 0 aromatic carbocycles. The summed E-state index contributed by atoms with van der Waals surface area (Å²) in [6.07, 6.45) is 4.62. The molecule has 2 nitrogen and oxygen atoms in total. The number of hydrogen-bond donors (Lipinski definition) is 0. The molecule has 0 atom stereocenters. The lowest BCUT2D eigenvalue weighted by Crippen LogP contribution is -2.16. The lowest BCUT2D eigenvalue weighted by molar-refractivity contribution is -0.143. The molecule has 0 aliphatic heterocycles. The lowest BCUT2D eigenvalue weighted by atomic mass is 9.84. The first-order valence-electron chi connectivity index (χ1n) is 8.97. The third-order valence-corrected chi connectivity index (χ3v) is 6.90. The van der Waals surface area contributed by atoms with Gasteiger partial charge in [0.2, 0.25) is 0 Å². The van der Waals surface area contributed by atoms with Crippen molar-refractivity contribution in [1.82, 2.24) is 0 Å². The topological polar surface area (TPSA) is 26.3 Å². The maximum atomic E-state index is 11.6. The van der Waals surface area contributed by atoms with Gasteiger partial charge < -0.3 is 4.74 Å². The molecule has 0 unspecified atom stereocenters. The van der Waals surface area contributed by atoms with Crippen LogP contribution in [-0.4, -0.2) is 12.6 Å². The van der Waals surface area contributed by atoms with Gasteiger partial charge in [0.25, 0.3) is 0 Å². The highest BCUT2D eigenvalue weighted by Gasteiger charge is 2.28. The van der Waals surface area contributed by atoms with E-state index in [0.29, 0.717) is 13.0 Å². The van der Waals surface area contributed by atoms with Gasteiger partial charge in [0, 0.05) is 16.2 Å². The van der Waals surface area contributed by atoms with E-state index in [1.807, 2.05) is 18.3 Å². The molecule has 0 aliphatic carbocycles. The van der Waals surface area contributed by atoms with E-state index in [1.165, 1.54) is 15.3 Å². The Balaban J connectivity index is 2.97. The van der Waals surface area contributed by atoms with E-state index < -0.39 is 0 Å². The molecule has 0 N–H and O–H groups in total. The van der Waals surface area contributed by atoms with E-state index in [0.717, 1.165) is 25.7 Å². The molecule has 0 amide bonds. The van der Waals surface area contributed by atoms with Crippen molar-refractivity contribution in [2.45, 2.75) is 91.4 Å². The quantitative estimate of drug-likeness (QED) is 0.515. The average Bonchev–Trinajstić information content (AvgIpc) is 2.93. The molecule has 0 saturated carbocycles. The molecule has 23 heavy (non-hydrogen) atoms. The zero-order chi connectivity index (χ0) is 17.7. The molecule has 1 aromatic heterocycles. The molecule has 0 aliphatic rings. The van der Waals surface area contributed by atoms with Gasteiger partial charge in [0.05, 0.1) is 6.61 Å². The second kappa shape index (κ2) is 8.32. The van der Waals surface area contributed by atoms with Gasteiger partial charge in [-0.05, 0) is 55.1 Å². The largest absolute Gasteiger partial charge is 0.466 e. The minimum Gasteiger partial charge on any atom is -0.466 e. The number of carbonyl (C=O) groups is 1. The Bertz CT molecular complexity index is 512. The summed E-state index contributed by atoms with van der Waals surface area (Å²) in [5.41, 5.74) is 1.86. The van der Waals surface area contributed by atoms with Crippen LogP contribution in [0.15, 0.2) is 6.07 Å². The van der Waals surface area contributed by atoms with E-state index in [-0.39, 0.29) is 16.8 Å². The van der Waals surface area contributed by atoms with Gasteiger partial charge >= 0.3 is 5.97 Å². The van der Waals surface area contributed by atoms with Crippen LogP contribution in [0.5, 0.6) is 0 Å². The molecule has 0 radical (unpaired) electrons. The van der Waals surface area contributed by atoms with Crippen LogP contribution in [0.2, 0.25) is 0 Å². The fourth-order valence-corrected chi connectivity index (χ4v) is 4.07. The van der Waals surface area contributed by atoms with Gasteiger partial charge in [-0.1, -0.05) is 41.5 Å². The molecule has 3 heteroatoms. The van der Waals surface area contributed by atoms with E-state index in [1.54, 1.807) is 0 Å². The maximum Gasteiger partial charge on any atom is 0.305 e. The summed E-state index contributed by atoms with van der Waals surface area (Å²) in [6, 6.07) is 2.39. The molecule has 0 spiro atoms. The minimum absolute atomic E-state index is 0.0758. The molecular formula is C20H34O2S. The summed E-state index contributed by atoms with van der Waals surface area (Å²) in [7, 11) is 0. The third kappa shape index (κ3) is 5.34. The second-order valence-corrected chi connectivity index (χ2v) is 8.65. The van der Waals surface area contributed by atoms with Crippen LogP contribution in [0.3, 0.4) is 0 Å². The highest BCUT2D eigenvalue weighted by Crippen LogP contribution is 2.42. The fourth-order valence-electron chi connectivity index (χ4n) is 2.51. The third-order valence-electron chi connectivity index (χ3n) is 4.99. The molecule has 132 valence electrons. The van der Waals surface area contributed by atoms with Crippen molar-refractivity contribution in [3.05, 3.63) is 21.4 Å². The van der Waals surface area contributed by atoms with Crippen LogP contribution >= 0.6 is 11.3 Å². The zero-order valence-corrected chi connectivity index (χ0v) is 16.9. The van der Waals surface area contributed by atoms with Gasteiger partial charge in [-0.25, -0.2) is 0 Å². The normalized spacial score (nSPS) is 12.5. The summed E-state index contributed by atoms with van der Waals surface area (Å²) >= 11 is 1.98.